The monoisotopic (exact) mass is 306 g/mol. The van der Waals surface area contributed by atoms with E-state index in [0.29, 0.717) is 30.5 Å². The van der Waals surface area contributed by atoms with Crippen molar-refractivity contribution in [2.45, 2.75) is 77.4 Å². The van der Waals surface area contributed by atoms with Crippen LogP contribution in [0.1, 0.15) is 65.2 Å². The fourth-order valence-electron chi connectivity index (χ4n) is 7.23. The Morgan fingerprint density at radius 1 is 1.09 bits per heavy atom. The highest BCUT2D eigenvalue weighted by molar-refractivity contribution is 5.79. The minimum Gasteiger partial charge on any atom is -0.393 e. The van der Waals surface area contributed by atoms with Gasteiger partial charge < -0.3 is 10.2 Å². The second-order valence-electron chi connectivity index (χ2n) is 9.27. The van der Waals surface area contributed by atoms with Crippen LogP contribution in [0, 0.1) is 34.5 Å². The van der Waals surface area contributed by atoms with Gasteiger partial charge in [0, 0.05) is 12.8 Å². The predicted molar refractivity (Wildman–Crippen MR) is 84.1 cm³/mol. The van der Waals surface area contributed by atoms with Gasteiger partial charge in [-0.2, -0.15) is 0 Å². The highest BCUT2D eigenvalue weighted by Gasteiger charge is 2.62. The van der Waals surface area contributed by atoms with Gasteiger partial charge in [-0.3, -0.25) is 4.79 Å². The quantitative estimate of drug-likeness (QED) is 0.723. The van der Waals surface area contributed by atoms with E-state index in [4.69, 9.17) is 0 Å². The largest absolute Gasteiger partial charge is 0.393 e. The highest BCUT2D eigenvalue weighted by Crippen LogP contribution is 2.65. The number of hydrogen-bond acceptors (Lipinski definition) is 3. The third kappa shape index (κ3) is 1.91. The summed E-state index contributed by atoms with van der Waals surface area (Å²) in [5.41, 5.74) is 0.216. The maximum Gasteiger partial charge on any atom is 0.133 e. The number of aliphatic hydroxyl groups is 2. The van der Waals surface area contributed by atoms with Crippen LogP contribution < -0.4 is 0 Å². The zero-order chi connectivity index (χ0) is 15.7. The van der Waals surface area contributed by atoms with E-state index in [-0.39, 0.29) is 34.9 Å². The van der Waals surface area contributed by atoms with Gasteiger partial charge >= 0.3 is 0 Å². The first kappa shape index (κ1) is 15.1. The molecule has 0 amide bonds. The molecule has 22 heavy (non-hydrogen) atoms. The second kappa shape index (κ2) is 4.80. The van der Waals surface area contributed by atoms with Crippen molar-refractivity contribution in [1.82, 2.24) is 0 Å². The molecule has 3 heteroatoms. The van der Waals surface area contributed by atoms with Crippen LogP contribution in [0.4, 0.5) is 0 Å². The first-order valence-electron chi connectivity index (χ1n) is 9.23. The first-order chi connectivity index (χ1) is 10.3. The standard InChI is InChI=1S/C19H30O3/c1-18-6-3-4-13(18)12-9-15(21)14-8-11(20)5-7-19(14,2)17(12)16(22)10-18/h12-17,21-22H,3-10H2,1-2H3/t12?,13?,14-,15?,16-,17?,18?,19?/m1/s1. The molecule has 0 saturated heterocycles. The molecule has 0 aliphatic heterocycles. The molecule has 4 rings (SSSR count). The maximum absolute atomic E-state index is 11.9. The molecule has 4 aliphatic carbocycles. The van der Waals surface area contributed by atoms with Crippen LogP contribution in [-0.4, -0.2) is 28.2 Å². The van der Waals surface area contributed by atoms with Crippen molar-refractivity contribution in [2.75, 3.05) is 0 Å². The van der Waals surface area contributed by atoms with Crippen LogP contribution in [0.15, 0.2) is 0 Å². The van der Waals surface area contributed by atoms with Gasteiger partial charge in [-0.05, 0) is 66.6 Å². The summed E-state index contributed by atoms with van der Waals surface area (Å²) in [5, 5.41) is 21.8. The maximum atomic E-state index is 11.9. The summed E-state index contributed by atoms with van der Waals surface area (Å²) in [6.45, 7) is 4.61. The zero-order valence-corrected chi connectivity index (χ0v) is 13.9. The van der Waals surface area contributed by atoms with Gasteiger partial charge in [-0.15, -0.1) is 0 Å². The van der Waals surface area contributed by atoms with Crippen LogP contribution >= 0.6 is 0 Å². The van der Waals surface area contributed by atoms with Crippen molar-refractivity contribution in [3.63, 3.8) is 0 Å². The van der Waals surface area contributed by atoms with Gasteiger partial charge in [0.15, 0.2) is 0 Å². The lowest BCUT2D eigenvalue weighted by Crippen LogP contribution is -2.61. The Kier molecular flexibility index (Phi) is 3.30. The van der Waals surface area contributed by atoms with E-state index >= 15 is 0 Å². The van der Waals surface area contributed by atoms with Gasteiger partial charge in [0.25, 0.3) is 0 Å². The Bertz CT molecular complexity index is 489. The van der Waals surface area contributed by atoms with E-state index in [1.807, 2.05) is 0 Å². The Hall–Kier alpha value is -0.410. The number of ketones is 1. The third-order valence-electron chi connectivity index (χ3n) is 8.20. The lowest BCUT2D eigenvalue weighted by atomic mass is 9.44. The number of Topliss-reactive ketones (excluding diaryl/α,β-unsaturated/α-hetero) is 1. The highest BCUT2D eigenvalue weighted by atomic mass is 16.3. The molecule has 4 saturated carbocycles. The summed E-state index contributed by atoms with van der Waals surface area (Å²) < 4.78 is 0. The summed E-state index contributed by atoms with van der Waals surface area (Å²) in [4.78, 5) is 11.9. The molecule has 4 fully saturated rings. The number of carbonyl (C=O) groups excluding carboxylic acids is 1. The first-order valence-corrected chi connectivity index (χ1v) is 9.23. The summed E-state index contributed by atoms with van der Waals surface area (Å²) in [7, 11) is 0. The molecule has 6 unspecified atom stereocenters. The molecular formula is C19H30O3. The Morgan fingerprint density at radius 3 is 2.64 bits per heavy atom. The second-order valence-corrected chi connectivity index (χ2v) is 9.27. The minimum absolute atomic E-state index is 0.0560. The smallest absolute Gasteiger partial charge is 0.133 e. The van der Waals surface area contributed by atoms with Gasteiger partial charge in [-0.25, -0.2) is 0 Å². The molecule has 0 heterocycles. The number of aliphatic hydroxyl groups excluding tert-OH is 2. The summed E-state index contributed by atoms with van der Waals surface area (Å²) >= 11 is 0. The lowest BCUT2D eigenvalue weighted by molar-refractivity contribution is -0.195. The van der Waals surface area contributed by atoms with Gasteiger partial charge in [0.05, 0.1) is 12.2 Å². The molecule has 0 aromatic rings. The predicted octanol–water partition coefficient (Wildman–Crippen LogP) is 2.93. The number of rotatable bonds is 0. The van der Waals surface area contributed by atoms with E-state index in [2.05, 4.69) is 13.8 Å². The molecule has 2 N–H and O–H groups in total. The van der Waals surface area contributed by atoms with Crippen molar-refractivity contribution in [2.24, 2.45) is 34.5 Å². The lowest BCUT2D eigenvalue weighted by Gasteiger charge is -2.62. The minimum atomic E-state index is -0.356. The average molecular weight is 306 g/mol. The molecule has 0 aromatic carbocycles. The summed E-state index contributed by atoms with van der Waals surface area (Å²) in [6, 6.07) is 0. The van der Waals surface area contributed by atoms with E-state index in [1.54, 1.807) is 0 Å². The normalized spacial score (nSPS) is 57.9. The molecule has 0 aromatic heterocycles. The van der Waals surface area contributed by atoms with Crippen LogP contribution in [0.2, 0.25) is 0 Å². The van der Waals surface area contributed by atoms with Crippen LogP contribution in [0.3, 0.4) is 0 Å². The molecule has 124 valence electrons. The van der Waals surface area contributed by atoms with E-state index in [0.717, 1.165) is 19.3 Å². The van der Waals surface area contributed by atoms with Gasteiger partial charge in [0.2, 0.25) is 0 Å². The number of hydrogen-bond donors (Lipinski definition) is 2. The van der Waals surface area contributed by atoms with E-state index in [1.165, 1.54) is 19.3 Å². The van der Waals surface area contributed by atoms with Crippen molar-refractivity contribution in [1.29, 1.82) is 0 Å². The van der Waals surface area contributed by atoms with Crippen LogP contribution in [0.5, 0.6) is 0 Å². The zero-order valence-electron chi connectivity index (χ0n) is 13.9. The van der Waals surface area contributed by atoms with Crippen molar-refractivity contribution in [3.8, 4) is 0 Å². The van der Waals surface area contributed by atoms with Crippen molar-refractivity contribution >= 4 is 5.78 Å². The van der Waals surface area contributed by atoms with Crippen molar-refractivity contribution in [3.05, 3.63) is 0 Å². The number of carbonyl (C=O) groups is 1. The molecule has 4 aliphatic rings. The Balaban J connectivity index is 1.72. The van der Waals surface area contributed by atoms with E-state index < -0.39 is 0 Å². The summed E-state index contributed by atoms with van der Waals surface area (Å²) in [6.07, 6.45) is 6.89. The molecule has 0 spiro atoms. The van der Waals surface area contributed by atoms with Crippen molar-refractivity contribution < 1.29 is 15.0 Å². The topological polar surface area (TPSA) is 57.5 Å². The van der Waals surface area contributed by atoms with Gasteiger partial charge in [0.1, 0.15) is 5.78 Å². The fraction of sp³-hybridized carbons (Fsp3) is 0.947. The SMILES string of the molecule is CC12CCCC1C1CC(O)[C@H]3CC(=O)CCC3(C)C1[C@H](O)C2. The molecule has 0 radical (unpaired) electrons. The van der Waals surface area contributed by atoms with Gasteiger partial charge in [-0.1, -0.05) is 20.3 Å². The Morgan fingerprint density at radius 2 is 1.86 bits per heavy atom. The van der Waals surface area contributed by atoms with Crippen LogP contribution in [0.25, 0.3) is 0 Å². The summed E-state index contributed by atoms with van der Waals surface area (Å²) in [5.74, 6) is 1.75. The van der Waals surface area contributed by atoms with Crippen LogP contribution in [-0.2, 0) is 4.79 Å². The Labute approximate surface area is 133 Å². The number of fused-ring (bicyclic) bond motifs is 5. The molecule has 3 nitrogen and oxygen atoms in total. The molecule has 8 atom stereocenters. The molecular weight excluding hydrogens is 276 g/mol. The molecule has 0 bridgehead atoms. The fourth-order valence-corrected chi connectivity index (χ4v) is 7.23. The third-order valence-corrected chi connectivity index (χ3v) is 8.20. The average Bonchev–Trinajstić information content (AvgIpc) is 2.82. The van der Waals surface area contributed by atoms with E-state index in [9.17, 15) is 15.0 Å².